The van der Waals surface area contributed by atoms with Crippen molar-refractivity contribution in [1.82, 2.24) is 9.88 Å². The molecule has 3 rings (SSSR count). The molecule has 1 aromatic carbocycles. The molecule has 1 aromatic heterocycles. The standard InChI is InChI=1S/C19H20ClN3O4/c1-12-8-13(18(24)25)11-23(10-12)19(26)22-15-3-5-16(6-4-15)27-17-7-2-14(20)9-21-17/h2-7,9,12-13H,8,10-11H2,1H3,(H,22,26)(H,24,25). The maximum absolute atomic E-state index is 12.5. The molecule has 1 aliphatic heterocycles. The molecular weight excluding hydrogens is 370 g/mol. The van der Waals surface area contributed by atoms with Crippen LogP contribution in [0.5, 0.6) is 11.6 Å². The predicted molar refractivity (Wildman–Crippen MR) is 101 cm³/mol. The maximum atomic E-state index is 12.5. The summed E-state index contributed by atoms with van der Waals surface area (Å²) in [7, 11) is 0. The van der Waals surface area contributed by atoms with E-state index < -0.39 is 11.9 Å². The molecule has 8 heteroatoms. The van der Waals surface area contributed by atoms with Gasteiger partial charge in [0, 0.05) is 31.0 Å². The lowest BCUT2D eigenvalue weighted by atomic mass is 9.91. The first-order valence-corrected chi connectivity index (χ1v) is 8.96. The molecule has 2 heterocycles. The van der Waals surface area contributed by atoms with Gasteiger partial charge in [-0.25, -0.2) is 9.78 Å². The van der Waals surface area contributed by atoms with Crippen molar-refractivity contribution >= 4 is 29.3 Å². The van der Waals surface area contributed by atoms with Gasteiger partial charge in [-0.2, -0.15) is 0 Å². The lowest BCUT2D eigenvalue weighted by Gasteiger charge is -2.34. The summed E-state index contributed by atoms with van der Waals surface area (Å²) in [4.78, 5) is 29.3. The Morgan fingerprint density at radius 3 is 2.59 bits per heavy atom. The van der Waals surface area contributed by atoms with E-state index in [-0.39, 0.29) is 18.5 Å². The first kappa shape index (κ1) is 19.0. The molecule has 2 N–H and O–H groups in total. The van der Waals surface area contributed by atoms with Crippen LogP contribution in [0.2, 0.25) is 5.02 Å². The topological polar surface area (TPSA) is 91.8 Å². The first-order chi connectivity index (χ1) is 12.9. The Hall–Kier alpha value is -2.80. The fourth-order valence-corrected chi connectivity index (χ4v) is 3.16. The molecular formula is C19H20ClN3O4. The molecule has 2 unspecified atom stereocenters. The van der Waals surface area contributed by atoms with Crippen LogP contribution in [0, 0.1) is 11.8 Å². The van der Waals surface area contributed by atoms with E-state index in [1.165, 1.54) is 6.20 Å². The molecule has 0 radical (unpaired) electrons. The Morgan fingerprint density at radius 2 is 1.96 bits per heavy atom. The van der Waals surface area contributed by atoms with Crippen molar-refractivity contribution in [2.75, 3.05) is 18.4 Å². The van der Waals surface area contributed by atoms with Crippen molar-refractivity contribution in [2.24, 2.45) is 11.8 Å². The van der Waals surface area contributed by atoms with Crippen LogP contribution in [0.3, 0.4) is 0 Å². The zero-order valence-corrected chi connectivity index (χ0v) is 15.5. The van der Waals surface area contributed by atoms with E-state index in [0.717, 1.165) is 0 Å². The summed E-state index contributed by atoms with van der Waals surface area (Å²) >= 11 is 5.79. The van der Waals surface area contributed by atoms with Gasteiger partial charge in [-0.15, -0.1) is 0 Å². The molecule has 1 fully saturated rings. The van der Waals surface area contributed by atoms with Gasteiger partial charge in [-0.3, -0.25) is 4.79 Å². The predicted octanol–water partition coefficient (Wildman–Crippen LogP) is 4.10. The molecule has 2 aromatic rings. The highest BCUT2D eigenvalue weighted by Crippen LogP contribution is 2.24. The van der Waals surface area contributed by atoms with Crippen molar-refractivity contribution in [3.8, 4) is 11.6 Å². The lowest BCUT2D eigenvalue weighted by molar-refractivity contribution is -0.143. The highest BCUT2D eigenvalue weighted by Gasteiger charge is 2.31. The van der Waals surface area contributed by atoms with Crippen LogP contribution in [-0.4, -0.2) is 40.1 Å². The van der Waals surface area contributed by atoms with Gasteiger partial charge in [0.15, 0.2) is 0 Å². The normalized spacial score (nSPS) is 19.4. The number of anilines is 1. The molecule has 1 saturated heterocycles. The number of halogens is 1. The fourth-order valence-electron chi connectivity index (χ4n) is 3.05. The molecule has 0 bridgehead atoms. The highest BCUT2D eigenvalue weighted by atomic mass is 35.5. The second-order valence-corrected chi connectivity index (χ2v) is 7.09. The number of hydrogen-bond donors (Lipinski definition) is 2. The Bertz CT molecular complexity index is 811. The fraction of sp³-hybridized carbons (Fsp3) is 0.316. The Kier molecular flexibility index (Phi) is 5.81. The van der Waals surface area contributed by atoms with E-state index in [1.54, 1.807) is 41.3 Å². The smallest absolute Gasteiger partial charge is 0.321 e. The van der Waals surface area contributed by atoms with Gasteiger partial charge in [0.25, 0.3) is 0 Å². The van der Waals surface area contributed by atoms with Gasteiger partial charge in [-0.05, 0) is 42.7 Å². The van der Waals surface area contributed by atoms with Crippen molar-refractivity contribution in [2.45, 2.75) is 13.3 Å². The van der Waals surface area contributed by atoms with E-state index in [0.29, 0.717) is 35.3 Å². The van der Waals surface area contributed by atoms with Gasteiger partial charge in [0.05, 0.1) is 10.9 Å². The van der Waals surface area contributed by atoms with Crippen LogP contribution in [0.15, 0.2) is 42.6 Å². The number of carboxylic acids is 1. The van der Waals surface area contributed by atoms with E-state index in [2.05, 4.69) is 10.3 Å². The minimum absolute atomic E-state index is 0.147. The summed E-state index contributed by atoms with van der Waals surface area (Å²) in [5.41, 5.74) is 0.599. The minimum atomic E-state index is -0.864. The second-order valence-electron chi connectivity index (χ2n) is 6.65. The van der Waals surface area contributed by atoms with Crippen molar-refractivity contribution < 1.29 is 19.4 Å². The number of likely N-dealkylation sites (tertiary alicyclic amines) is 1. The molecule has 0 saturated carbocycles. The maximum Gasteiger partial charge on any atom is 0.321 e. The van der Waals surface area contributed by atoms with Crippen LogP contribution < -0.4 is 10.1 Å². The number of nitrogens with zero attached hydrogens (tertiary/aromatic N) is 2. The molecule has 7 nitrogen and oxygen atoms in total. The van der Waals surface area contributed by atoms with Gasteiger partial charge >= 0.3 is 12.0 Å². The summed E-state index contributed by atoms with van der Waals surface area (Å²) in [6.07, 6.45) is 2.08. The number of carbonyl (C=O) groups is 2. The number of nitrogens with one attached hydrogen (secondary N) is 1. The number of urea groups is 1. The third-order valence-electron chi connectivity index (χ3n) is 4.32. The summed E-state index contributed by atoms with van der Waals surface area (Å²) in [6.45, 7) is 2.71. The third kappa shape index (κ3) is 5.10. The van der Waals surface area contributed by atoms with E-state index in [4.69, 9.17) is 16.3 Å². The number of piperidine rings is 1. The number of hydrogen-bond acceptors (Lipinski definition) is 4. The Morgan fingerprint density at radius 1 is 1.22 bits per heavy atom. The SMILES string of the molecule is CC1CC(C(=O)O)CN(C(=O)Nc2ccc(Oc3ccc(Cl)cn3)cc2)C1. The Labute approximate surface area is 161 Å². The molecule has 1 aliphatic rings. The van der Waals surface area contributed by atoms with Crippen LogP contribution in [0.1, 0.15) is 13.3 Å². The number of aromatic nitrogens is 1. The van der Waals surface area contributed by atoms with Crippen molar-refractivity contribution in [1.29, 1.82) is 0 Å². The highest BCUT2D eigenvalue weighted by molar-refractivity contribution is 6.30. The monoisotopic (exact) mass is 389 g/mol. The van der Waals surface area contributed by atoms with Crippen LogP contribution in [0.4, 0.5) is 10.5 Å². The number of carbonyl (C=O) groups excluding carboxylic acids is 1. The second kappa shape index (κ2) is 8.26. The average Bonchev–Trinajstić information content (AvgIpc) is 2.64. The number of aliphatic carboxylic acids is 1. The molecule has 0 aliphatic carbocycles. The van der Waals surface area contributed by atoms with Crippen molar-refractivity contribution in [3.05, 3.63) is 47.6 Å². The van der Waals surface area contributed by atoms with Gasteiger partial charge in [0.2, 0.25) is 5.88 Å². The summed E-state index contributed by atoms with van der Waals surface area (Å²) in [5, 5.41) is 12.5. The number of benzene rings is 1. The quantitative estimate of drug-likeness (QED) is 0.821. The van der Waals surface area contributed by atoms with Crippen LogP contribution >= 0.6 is 11.6 Å². The van der Waals surface area contributed by atoms with Crippen molar-refractivity contribution in [3.63, 3.8) is 0 Å². The molecule has 27 heavy (non-hydrogen) atoms. The Balaban J connectivity index is 1.59. The third-order valence-corrected chi connectivity index (χ3v) is 4.55. The number of ether oxygens (including phenoxy) is 1. The number of amides is 2. The van der Waals surface area contributed by atoms with E-state index in [1.807, 2.05) is 6.92 Å². The number of carboxylic acid groups (broad SMARTS) is 1. The first-order valence-electron chi connectivity index (χ1n) is 8.59. The summed E-state index contributed by atoms with van der Waals surface area (Å²) in [6, 6.07) is 9.89. The summed E-state index contributed by atoms with van der Waals surface area (Å²) in [5.74, 6) is -0.259. The summed E-state index contributed by atoms with van der Waals surface area (Å²) < 4.78 is 5.61. The average molecular weight is 390 g/mol. The van der Waals surface area contributed by atoms with Gasteiger partial charge in [0.1, 0.15) is 5.75 Å². The largest absolute Gasteiger partial charge is 0.481 e. The molecule has 0 spiro atoms. The zero-order valence-electron chi connectivity index (χ0n) is 14.8. The number of rotatable bonds is 4. The van der Waals surface area contributed by atoms with E-state index >= 15 is 0 Å². The molecule has 2 amide bonds. The molecule has 2 atom stereocenters. The lowest BCUT2D eigenvalue weighted by Crippen LogP contribution is -2.47. The van der Waals surface area contributed by atoms with Crippen LogP contribution in [0.25, 0.3) is 0 Å². The van der Waals surface area contributed by atoms with E-state index in [9.17, 15) is 14.7 Å². The van der Waals surface area contributed by atoms with Gasteiger partial charge < -0.3 is 20.1 Å². The zero-order chi connectivity index (χ0) is 19.4. The van der Waals surface area contributed by atoms with Gasteiger partial charge in [-0.1, -0.05) is 18.5 Å². The van der Waals surface area contributed by atoms with Crippen LogP contribution in [-0.2, 0) is 4.79 Å². The molecule has 142 valence electrons. The minimum Gasteiger partial charge on any atom is -0.481 e. The number of pyridine rings is 1.